The van der Waals surface area contributed by atoms with Gasteiger partial charge in [0.2, 0.25) is 10.0 Å². The van der Waals surface area contributed by atoms with Crippen LogP contribution < -0.4 is 10.6 Å². The van der Waals surface area contributed by atoms with Crippen molar-refractivity contribution in [3.05, 3.63) is 74.6 Å². The number of hydrogen-bond acceptors (Lipinski definition) is 5. The third-order valence-electron chi connectivity index (χ3n) is 4.65. The van der Waals surface area contributed by atoms with Crippen molar-refractivity contribution in [2.75, 3.05) is 0 Å². The van der Waals surface area contributed by atoms with Gasteiger partial charge in [-0.05, 0) is 54.6 Å². The van der Waals surface area contributed by atoms with E-state index >= 15 is 0 Å². The molecule has 0 amide bonds. The van der Waals surface area contributed by atoms with Gasteiger partial charge in [0.15, 0.2) is 5.43 Å². The normalized spacial score (nSPS) is 11.8. The van der Waals surface area contributed by atoms with Crippen molar-refractivity contribution in [3.8, 4) is 21.6 Å². The Kier molecular flexibility index (Phi) is 4.71. The van der Waals surface area contributed by atoms with E-state index in [9.17, 15) is 13.2 Å². The molecule has 0 saturated heterocycles. The van der Waals surface area contributed by atoms with Gasteiger partial charge < -0.3 is 0 Å². The van der Waals surface area contributed by atoms with Crippen LogP contribution in [0.4, 0.5) is 0 Å². The monoisotopic (exact) mass is 427 g/mol. The molecule has 7 heteroatoms. The second-order valence-corrected chi connectivity index (χ2v) is 10.2. The van der Waals surface area contributed by atoms with Crippen LogP contribution in [0.15, 0.2) is 63.6 Å². The highest BCUT2D eigenvalue weighted by Crippen LogP contribution is 2.40. The van der Waals surface area contributed by atoms with Crippen LogP contribution in [-0.4, -0.2) is 8.42 Å². The van der Waals surface area contributed by atoms with Gasteiger partial charge >= 0.3 is 0 Å². The summed E-state index contributed by atoms with van der Waals surface area (Å²) in [6.07, 6.45) is 0. The Labute approximate surface area is 171 Å². The molecule has 142 valence electrons. The number of rotatable bonds is 3. The van der Waals surface area contributed by atoms with Crippen molar-refractivity contribution in [2.24, 2.45) is 5.14 Å². The van der Waals surface area contributed by atoms with E-state index in [-0.39, 0.29) is 10.3 Å². The second kappa shape index (κ2) is 6.93. The van der Waals surface area contributed by atoms with E-state index in [1.54, 1.807) is 23.5 Å². The van der Waals surface area contributed by atoms with E-state index in [2.05, 4.69) is 5.38 Å². The summed E-state index contributed by atoms with van der Waals surface area (Å²) in [6.45, 7) is 4.02. The Bertz CT molecular complexity index is 1350. The molecule has 0 saturated carbocycles. The fraction of sp³-hybridized carbons (Fsp3) is 0.0952. The summed E-state index contributed by atoms with van der Waals surface area (Å²) in [5.74, 6) is 0. The zero-order chi connectivity index (χ0) is 20.1. The number of thiophene rings is 1. The second-order valence-electron chi connectivity index (χ2n) is 6.55. The molecule has 2 aromatic carbocycles. The average molecular weight is 428 g/mol. The van der Waals surface area contributed by atoms with Crippen molar-refractivity contribution in [2.45, 2.75) is 18.7 Å². The molecule has 0 spiro atoms. The first-order valence-corrected chi connectivity index (χ1v) is 11.8. The van der Waals surface area contributed by atoms with Gasteiger partial charge in [0.05, 0.1) is 4.90 Å². The van der Waals surface area contributed by atoms with Crippen LogP contribution >= 0.6 is 22.7 Å². The molecule has 4 aromatic rings. The summed E-state index contributed by atoms with van der Waals surface area (Å²) in [5.41, 5.74) is 3.47. The molecular weight excluding hydrogens is 410 g/mol. The molecule has 4 nitrogen and oxygen atoms in total. The van der Waals surface area contributed by atoms with Crippen molar-refractivity contribution in [1.29, 1.82) is 0 Å². The molecule has 0 atom stereocenters. The fourth-order valence-corrected chi connectivity index (χ4v) is 5.87. The minimum Gasteiger partial charge on any atom is -0.288 e. The first-order chi connectivity index (χ1) is 13.3. The molecule has 0 aliphatic carbocycles. The van der Waals surface area contributed by atoms with E-state index in [0.29, 0.717) is 10.9 Å². The van der Waals surface area contributed by atoms with Crippen LogP contribution in [0.1, 0.15) is 10.4 Å². The Morgan fingerprint density at radius 1 is 0.929 bits per heavy atom. The van der Waals surface area contributed by atoms with Gasteiger partial charge in [-0.25, -0.2) is 13.6 Å². The molecule has 2 N–H and O–H groups in total. The minimum absolute atomic E-state index is 0.00975. The van der Waals surface area contributed by atoms with Crippen LogP contribution in [0.5, 0.6) is 0 Å². The van der Waals surface area contributed by atoms with E-state index in [4.69, 9.17) is 5.14 Å². The lowest BCUT2D eigenvalue weighted by Crippen LogP contribution is -2.11. The Morgan fingerprint density at radius 2 is 1.61 bits per heavy atom. The van der Waals surface area contributed by atoms with Crippen molar-refractivity contribution < 1.29 is 8.42 Å². The van der Waals surface area contributed by atoms with Crippen molar-refractivity contribution >= 4 is 42.8 Å². The largest absolute Gasteiger partial charge is 0.288 e. The molecule has 0 fully saturated rings. The van der Waals surface area contributed by atoms with E-state index < -0.39 is 10.0 Å². The highest BCUT2D eigenvalue weighted by molar-refractivity contribution is 7.89. The number of aryl methyl sites for hydroxylation is 2. The van der Waals surface area contributed by atoms with E-state index in [1.807, 2.05) is 38.1 Å². The van der Waals surface area contributed by atoms with Gasteiger partial charge in [-0.15, -0.1) is 22.7 Å². The first-order valence-electron chi connectivity index (χ1n) is 8.51. The standard InChI is InChI=1S/C21H17NO3S3/c1-12-11-26-13(2)18(12)19-20(23)16-5-3-4-6-17(16)27-21(19)14-7-9-15(10-8-14)28(22,24)25/h3-11H,1-2H3,(H2,22,24,25). The Morgan fingerprint density at radius 3 is 2.21 bits per heavy atom. The van der Waals surface area contributed by atoms with Crippen LogP contribution in [-0.2, 0) is 10.0 Å². The smallest absolute Gasteiger partial charge is 0.238 e. The highest BCUT2D eigenvalue weighted by Gasteiger charge is 2.20. The predicted molar refractivity (Wildman–Crippen MR) is 118 cm³/mol. The van der Waals surface area contributed by atoms with Gasteiger partial charge in [-0.2, -0.15) is 0 Å². The number of primary sulfonamides is 1. The fourth-order valence-electron chi connectivity index (χ4n) is 3.31. The molecule has 0 radical (unpaired) electrons. The molecule has 28 heavy (non-hydrogen) atoms. The summed E-state index contributed by atoms with van der Waals surface area (Å²) in [4.78, 5) is 15.4. The summed E-state index contributed by atoms with van der Waals surface area (Å²) in [5, 5.41) is 7.96. The third-order valence-corrected chi connectivity index (χ3v) is 7.83. The van der Waals surface area contributed by atoms with Crippen LogP contribution in [0.25, 0.3) is 31.7 Å². The number of nitrogens with two attached hydrogens (primary N) is 1. The maximum atomic E-state index is 13.4. The maximum absolute atomic E-state index is 13.4. The lowest BCUT2D eigenvalue weighted by atomic mass is 9.98. The van der Waals surface area contributed by atoms with Gasteiger partial charge in [0.1, 0.15) is 0 Å². The van der Waals surface area contributed by atoms with Crippen LogP contribution in [0, 0.1) is 13.8 Å². The van der Waals surface area contributed by atoms with E-state index in [1.165, 1.54) is 23.5 Å². The molecule has 2 heterocycles. The van der Waals surface area contributed by atoms with Gasteiger partial charge in [-0.1, -0.05) is 24.3 Å². The topological polar surface area (TPSA) is 77.2 Å². The zero-order valence-electron chi connectivity index (χ0n) is 15.2. The lowest BCUT2D eigenvalue weighted by molar-refractivity contribution is 0.598. The summed E-state index contributed by atoms with van der Waals surface area (Å²) in [7, 11) is -3.77. The molecule has 0 aliphatic heterocycles. The van der Waals surface area contributed by atoms with Crippen molar-refractivity contribution in [1.82, 2.24) is 0 Å². The molecular formula is C21H17NO3S3. The summed E-state index contributed by atoms with van der Waals surface area (Å²) < 4.78 is 24.1. The highest BCUT2D eigenvalue weighted by atomic mass is 32.2. The van der Waals surface area contributed by atoms with Gasteiger partial charge in [0.25, 0.3) is 0 Å². The molecule has 0 bridgehead atoms. The number of sulfonamides is 1. The van der Waals surface area contributed by atoms with Crippen LogP contribution in [0.2, 0.25) is 0 Å². The van der Waals surface area contributed by atoms with Gasteiger partial charge in [-0.3, -0.25) is 4.79 Å². The summed E-state index contributed by atoms with van der Waals surface area (Å²) >= 11 is 3.15. The van der Waals surface area contributed by atoms with Gasteiger partial charge in [0, 0.05) is 31.0 Å². The predicted octanol–water partition coefficient (Wildman–Crippen LogP) is 4.92. The zero-order valence-corrected chi connectivity index (χ0v) is 17.7. The number of hydrogen-bond donors (Lipinski definition) is 1. The SMILES string of the molecule is Cc1csc(C)c1-c1c(-c2ccc(S(N)(=O)=O)cc2)sc2ccccc2c1=O. The quantitative estimate of drug-likeness (QED) is 0.504. The molecule has 4 rings (SSSR count). The van der Waals surface area contributed by atoms with E-state index in [0.717, 1.165) is 31.1 Å². The number of benzene rings is 2. The van der Waals surface area contributed by atoms with Crippen LogP contribution in [0.3, 0.4) is 0 Å². The maximum Gasteiger partial charge on any atom is 0.238 e. The third kappa shape index (κ3) is 3.20. The number of fused-ring (bicyclic) bond motifs is 1. The molecule has 0 aliphatic rings. The first kappa shape index (κ1) is 19.0. The van der Waals surface area contributed by atoms with Crippen molar-refractivity contribution in [3.63, 3.8) is 0 Å². The average Bonchev–Trinajstić information content (AvgIpc) is 2.99. The Balaban J connectivity index is 2.08. The minimum atomic E-state index is -3.77. The Hall–Kier alpha value is -2.32. The molecule has 2 aromatic heterocycles. The molecule has 0 unspecified atom stereocenters. The summed E-state index contributed by atoms with van der Waals surface area (Å²) in [6, 6.07) is 13.9. The lowest BCUT2D eigenvalue weighted by Gasteiger charge is -2.12.